The number of carbonyl (C=O) groups is 3. The van der Waals surface area contributed by atoms with Crippen LogP contribution in [0.2, 0.25) is 0 Å². The van der Waals surface area contributed by atoms with Gasteiger partial charge in [-0.2, -0.15) is 0 Å². The summed E-state index contributed by atoms with van der Waals surface area (Å²) < 4.78 is 10.7. The number of hydrogen-bond acceptors (Lipinski definition) is 5. The van der Waals surface area contributed by atoms with Crippen molar-refractivity contribution < 1.29 is 28.6 Å². The minimum Gasteiger partial charge on any atom is -0.497 e. The second-order valence-electron chi connectivity index (χ2n) is 6.23. The Morgan fingerprint density at radius 1 is 1.00 bits per heavy atom. The third kappa shape index (κ3) is 5.83. The molecule has 0 unspecified atom stereocenters. The van der Waals surface area contributed by atoms with Crippen molar-refractivity contribution in [1.82, 2.24) is 5.32 Å². The van der Waals surface area contributed by atoms with Crippen LogP contribution in [0.3, 0.4) is 0 Å². The van der Waals surface area contributed by atoms with Crippen LogP contribution in [0.25, 0.3) is 6.08 Å². The predicted octanol–water partition coefficient (Wildman–Crippen LogP) is 4.16. The molecule has 158 valence electrons. The van der Waals surface area contributed by atoms with Crippen molar-refractivity contribution in [2.45, 2.75) is 0 Å². The molecule has 0 aliphatic heterocycles. The zero-order valence-electron chi connectivity index (χ0n) is 16.2. The monoisotopic (exact) mass is 484 g/mol. The standard InChI is InChI=1S/C22H17BrN2O6/c1-30-16-8-2-13(3-9-16)12-17(25-21(27)18-10-11-19(23)31-18)20(26)24-15-6-4-14(5-7-15)22(28)29/h2-12H,1H3,(H,24,26)(H,25,27)(H,28,29). The van der Waals surface area contributed by atoms with Crippen molar-refractivity contribution in [3.8, 4) is 5.75 Å². The molecule has 0 spiro atoms. The van der Waals surface area contributed by atoms with Crippen molar-refractivity contribution in [2.24, 2.45) is 0 Å². The Bertz CT molecular complexity index is 1130. The van der Waals surface area contributed by atoms with Crippen molar-refractivity contribution in [3.05, 3.63) is 87.9 Å². The van der Waals surface area contributed by atoms with Crippen LogP contribution in [0.1, 0.15) is 26.5 Å². The highest BCUT2D eigenvalue weighted by molar-refractivity contribution is 9.10. The summed E-state index contributed by atoms with van der Waals surface area (Å²) in [4.78, 5) is 36.3. The fourth-order valence-electron chi connectivity index (χ4n) is 2.54. The van der Waals surface area contributed by atoms with E-state index in [0.717, 1.165) is 0 Å². The van der Waals surface area contributed by atoms with Crippen molar-refractivity contribution >= 4 is 45.5 Å². The van der Waals surface area contributed by atoms with E-state index >= 15 is 0 Å². The van der Waals surface area contributed by atoms with E-state index in [-0.39, 0.29) is 17.0 Å². The smallest absolute Gasteiger partial charge is 0.335 e. The van der Waals surface area contributed by atoms with E-state index in [1.54, 1.807) is 37.4 Å². The first-order valence-corrected chi connectivity index (χ1v) is 9.72. The molecule has 0 radical (unpaired) electrons. The van der Waals surface area contributed by atoms with E-state index in [4.69, 9.17) is 14.3 Å². The number of halogens is 1. The number of anilines is 1. The van der Waals surface area contributed by atoms with Gasteiger partial charge in [-0.3, -0.25) is 9.59 Å². The minimum atomic E-state index is -1.07. The third-order valence-electron chi connectivity index (χ3n) is 4.11. The Balaban J connectivity index is 1.85. The number of amides is 2. The number of furan rings is 1. The lowest BCUT2D eigenvalue weighted by molar-refractivity contribution is -0.113. The van der Waals surface area contributed by atoms with Crippen LogP contribution in [-0.4, -0.2) is 30.0 Å². The summed E-state index contributed by atoms with van der Waals surface area (Å²) in [5.74, 6) is -1.62. The molecular weight excluding hydrogens is 468 g/mol. The Morgan fingerprint density at radius 3 is 2.23 bits per heavy atom. The maximum atomic E-state index is 12.9. The van der Waals surface area contributed by atoms with Gasteiger partial charge < -0.3 is 24.9 Å². The molecule has 0 saturated carbocycles. The molecule has 3 N–H and O–H groups in total. The molecule has 0 atom stereocenters. The molecule has 3 aromatic rings. The van der Waals surface area contributed by atoms with Gasteiger partial charge >= 0.3 is 5.97 Å². The molecule has 3 rings (SSSR count). The Labute approximate surface area is 185 Å². The molecule has 2 aromatic carbocycles. The number of aromatic carboxylic acids is 1. The van der Waals surface area contributed by atoms with Gasteiger partial charge in [0, 0.05) is 5.69 Å². The quantitative estimate of drug-likeness (QED) is 0.433. The molecule has 0 saturated heterocycles. The number of carbonyl (C=O) groups excluding carboxylic acids is 2. The molecule has 9 heteroatoms. The molecule has 0 aliphatic rings. The second kappa shape index (κ2) is 9.77. The number of benzene rings is 2. The van der Waals surface area contributed by atoms with Gasteiger partial charge in [-0.1, -0.05) is 12.1 Å². The average molecular weight is 485 g/mol. The van der Waals surface area contributed by atoms with E-state index < -0.39 is 17.8 Å². The van der Waals surface area contributed by atoms with Crippen LogP contribution in [0.5, 0.6) is 5.75 Å². The van der Waals surface area contributed by atoms with E-state index in [1.807, 2.05) is 0 Å². The summed E-state index contributed by atoms with van der Waals surface area (Å²) in [6, 6.07) is 15.6. The van der Waals surface area contributed by atoms with Crippen LogP contribution in [0.15, 0.2) is 75.4 Å². The zero-order chi connectivity index (χ0) is 22.4. The summed E-state index contributed by atoms with van der Waals surface area (Å²) in [7, 11) is 1.54. The molecular formula is C22H17BrN2O6. The summed E-state index contributed by atoms with van der Waals surface area (Å²) in [5.41, 5.74) is 1.06. The lowest BCUT2D eigenvalue weighted by Gasteiger charge is -2.11. The van der Waals surface area contributed by atoms with Crippen LogP contribution in [0.4, 0.5) is 5.69 Å². The number of methoxy groups -OCH3 is 1. The van der Waals surface area contributed by atoms with Gasteiger partial charge in [-0.15, -0.1) is 0 Å². The van der Waals surface area contributed by atoms with Crippen molar-refractivity contribution in [2.75, 3.05) is 12.4 Å². The molecule has 2 amide bonds. The van der Waals surface area contributed by atoms with Gasteiger partial charge in [0.1, 0.15) is 11.4 Å². The number of carboxylic acids is 1. The van der Waals surface area contributed by atoms with E-state index in [2.05, 4.69) is 26.6 Å². The van der Waals surface area contributed by atoms with E-state index in [9.17, 15) is 14.4 Å². The van der Waals surface area contributed by atoms with Gasteiger partial charge in [-0.25, -0.2) is 4.79 Å². The largest absolute Gasteiger partial charge is 0.497 e. The van der Waals surface area contributed by atoms with Gasteiger partial charge in [0.05, 0.1) is 12.7 Å². The second-order valence-corrected chi connectivity index (χ2v) is 7.01. The molecule has 0 fully saturated rings. The molecule has 0 bridgehead atoms. The number of rotatable bonds is 7. The SMILES string of the molecule is COc1ccc(C=C(NC(=O)c2ccc(Br)o2)C(=O)Nc2ccc(C(=O)O)cc2)cc1. The minimum absolute atomic E-state index is 0.0196. The third-order valence-corrected chi connectivity index (χ3v) is 4.53. The maximum absolute atomic E-state index is 12.9. The van der Waals surface area contributed by atoms with Gasteiger partial charge in [-0.05, 0) is 76.1 Å². The molecule has 1 heterocycles. The molecule has 0 aliphatic carbocycles. The van der Waals surface area contributed by atoms with Gasteiger partial charge in [0.25, 0.3) is 11.8 Å². The fourth-order valence-corrected chi connectivity index (χ4v) is 2.85. The van der Waals surface area contributed by atoms with Crippen LogP contribution < -0.4 is 15.4 Å². The summed E-state index contributed by atoms with van der Waals surface area (Å²) in [5, 5.41) is 14.2. The number of nitrogens with one attached hydrogen (secondary N) is 2. The highest BCUT2D eigenvalue weighted by atomic mass is 79.9. The van der Waals surface area contributed by atoms with Crippen molar-refractivity contribution in [1.29, 1.82) is 0 Å². The first-order valence-electron chi connectivity index (χ1n) is 8.93. The predicted molar refractivity (Wildman–Crippen MR) is 117 cm³/mol. The van der Waals surface area contributed by atoms with Crippen LogP contribution in [0, 0.1) is 0 Å². The normalized spacial score (nSPS) is 11.0. The van der Waals surface area contributed by atoms with Gasteiger partial charge in [0.2, 0.25) is 0 Å². The van der Waals surface area contributed by atoms with Gasteiger partial charge in [0.15, 0.2) is 10.4 Å². The number of hydrogen-bond donors (Lipinski definition) is 3. The summed E-state index contributed by atoms with van der Waals surface area (Å²) in [6.45, 7) is 0. The first kappa shape index (κ1) is 21.8. The Morgan fingerprint density at radius 2 is 1.68 bits per heavy atom. The average Bonchev–Trinajstić information content (AvgIpc) is 3.20. The van der Waals surface area contributed by atoms with Crippen LogP contribution in [-0.2, 0) is 4.79 Å². The lowest BCUT2D eigenvalue weighted by Crippen LogP contribution is -2.30. The topological polar surface area (TPSA) is 118 Å². The number of carboxylic acid groups (broad SMARTS) is 1. The van der Waals surface area contributed by atoms with Crippen LogP contribution >= 0.6 is 15.9 Å². The molecule has 31 heavy (non-hydrogen) atoms. The summed E-state index contributed by atoms with van der Waals surface area (Å²) in [6.07, 6.45) is 1.50. The lowest BCUT2D eigenvalue weighted by atomic mass is 10.1. The zero-order valence-corrected chi connectivity index (χ0v) is 17.8. The Kier molecular flexibility index (Phi) is 6.88. The van der Waals surface area contributed by atoms with E-state index in [0.29, 0.717) is 21.7 Å². The fraction of sp³-hybridized carbons (Fsp3) is 0.0455. The highest BCUT2D eigenvalue weighted by Gasteiger charge is 2.17. The van der Waals surface area contributed by atoms with Crippen molar-refractivity contribution in [3.63, 3.8) is 0 Å². The maximum Gasteiger partial charge on any atom is 0.335 e. The molecule has 1 aromatic heterocycles. The van der Waals surface area contributed by atoms with E-state index in [1.165, 1.54) is 36.4 Å². The number of ether oxygens (including phenoxy) is 1. The summed E-state index contributed by atoms with van der Waals surface area (Å²) >= 11 is 3.13. The highest BCUT2D eigenvalue weighted by Crippen LogP contribution is 2.17. The Hall–Kier alpha value is -3.85. The first-order chi connectivity index (χ1) is 14.9. The molecule has 8 nitrogen and oxygen atoms in total.